The Hall–Kier alpha value is -1.96. The van der Waals surface area contributed by atoms with E-state index in [4.69, 9.17) is 4.74 Å². The van der Waals surface area contributed by atoms with E-state index in [0.717, 1.165) is 13.0 Å². The number of anilines is 1. The van der Waals surface area contributed by atoms with Gasteiger partial charge in [-0.1, -0.05) is 6.92 Å². The molecule has 0 aliphatic rings. The van der Waals surface area contributed by atoms with Gasteiger partial charge in [0.25, 0.3) is 5.88 Å². The van der Waals surface area contributed by atoms with Crippen LogP contribution < -0.4 is 10.1 Å². The molecule has 0 spiro atoms. The molecule has 8 heteroatoms. The summed E-state index contributed by atoms with van der Waals surface area (Å²) in [6.07, 6.45) is 1.51. The topological polar surface area (TPSA) is 93.4 Å². The number of likely N-dealkylation sites (N-methyl/N-ethyl adjacent to an activating group) is 1. The van der Waals surface area contributed by atoms with Gasteiger partial charge in [-0.25, -0.2) is 4.98 Å². The van der Waals surface area contributed by atoms with Gasteiger partial charge in [-0.3, -0.25) is 10.1 Å². The summed E-state index contributed by atoms with van der Waals surface area (Å²) in [4.78, 5) is 21.2. The lowest BCUT2D eigenvalue weighted by molar-refractivity contribution is -0.385. The summed E-state index contributed by atoms with van der Waals surface area (Å²) in [5.74, 6) is 0.816. The van der Waals surface area contributed by atoms with Crippen LogP contribution in [-0.2, 0) is 6.42 Å². The van der Waals surface area contributed by atoms with Crippen LogP contribution in [0.15, 0.2) is 0 Å². The maximum Gasteiger partial charge on any atom is 0.372 e. The van der Waals surface area contributed by atoms with Gasteiger partial charge in [0.2, 0.25) is 5.82 Å². The second-order valence-corrected chi connectivity index (χ2v) is 4.81. The van der Waals surface area contributed by atoms with Gasteiger partial charge in [0, 0.05) is 19.5 Å². The standard InChI is InChI=1S/C13H23N5O3/c1-5-7-10-15-12(14-8-9-17(3)4)11(18(19)20)13(16-10)21-6-2/h5-9H2,1-4H3,(H,14,15,16). The molecule has 118 valence electrons. The molecule has 1 heterocycles. The molecular formula is C13H23N5O3. The molecule has 1 aromatic rings. The first-order valence-electron chi connectivity index (χ1n) is 7.06. The summed E-state index contributed by atoms with van der Waals surface area (Å²) in [6, 6.07) is 0. The molecule has 0 aromatic carbocycles. The second-order valence-electron chi connectivity index (χ2n) is 4.81. The molecule has 0 saturated heterocycles. The summed E-state index contributed by atoms with van der Waals surface area (Å²) in [6.45, 7) is 5.39. The van der Waals surface area contributed by atoms with Gasteiger partial charge in [0.15, 0.2) is 0 Å². The third kappa shape index (κ3) is 5.14. The second kappa shape index (κ2) is 8.35. The van der Waals surface area contributed by atoms with Crippen molar-refractivity contribution < 1.29 is 9.66 Å². The third-order valence-corrected chi connectivity index (χ3v) is 2.69. The highest BCUT2D eigenvalue weighted by Gasteiger charge is 2.25. The van der Waals surface area contributed by atoms with Crippen molar-refractivity contribution in [2.45, 2.75) is 26.7 Å². The largest absolute Gasteiger partial charge is 0.473 e. The fourth-order valence-electron chi connectivity index (χ4n) is 1.74. The number of nitrogens with one attached hydrogen (secondary N) is 1. The van der Waals surface area contributed by atoms with Gasteiger partial charge in [-0.2, -0.15) is 4.98 Å². The Morgan fingerprint density at radius 1 is 1.33 bits per heavy atom. The van der Waals surface area contributed by atoms with Crippen LogP contribution in [0.25, 0.3) is 0 Å². The zero-order chi connectivity index (χ0) is 15.8. The number of nitrogens with zero attached hydrogens (tertiary/aromatic N) is 4. The zero-order valence-corrected chi connectivity index (χ0v) is 13.0. The first-order chi connectivity index (χ1) is 9.99. The predicted molar refractivity (Wildman–Crippen MR) is 80.9 cm³/mol. The Labute approximate surface area is 124 Å². The van der Waals surface area contributed by atoms with Gasteiger partial charge in [0.05, 0.1) is 11.5 Å². The van der Waals surface area contributed by atoms with E-state index in [9.17, 15) is 10.1 Å². The quantitative estimate of drug-likeness (QED) is 0.547. The molecule has 1 aromatic heterocycles. The van der Waals surface area contributed by atoms with Gasteiger partial charge >= 0.3 is 5.69 Å². The van der Waals surface area contributed by atoms with E-state index in [0.29, 0.717) is 25.4 Å². The van der Waals surface area contributed by atoms with E-state index >= 15 is 0 Å². The SMILES string of the molecule is CCCc1nc(NCCN(C)C)c([N+](=O)[O-])c(OCC)n1. The van der Waals surface area contributed by atoms with Crippen LogP contribution in [0.2, 0.25) is 0 Å². The molecule has 0 radical (unpaired) electrons. The van der Waals surface area contributed by atoms with Crippen molar-refractivity contribution in [3.8, 4) is 5.88 Å². The predicted octanol–water partition coefficient (Wildman–Crippen LogP) is 1.71. The summed E-state index contributed by atoms with van der Waals surface area (Å²) in [5.41, 5.74) is -0.199. The number of nitro groups is 1. The van der Waals surface area contributed by atoms with Crippen LogP contribution in [0.3, 0.4) is 0 Å². The summed E-state index contributed by atoms with van der Waals surface area (Å²) < 4.78 is 5.31. The van der Waals surface area contributed by atoms with Gasteiger partial charge in [-0.15, -0.1) is 0 Å². The molecule has 0 amide bonds. The first-order valence-corrected chi connectivity index (χ1v) is 7.06. The van der Waals surface area contributed by atoms with Crippen LogP contribution >= 0.6 is 0 Å². The molecule has 1 N–H and O–H groups in total. The fraction of sp³-hybridized carbons (Fsp3) is 0.692. The van der Waals surface area contributed by atoms with E-state index in [1.807, 2.05) is 25.9 Å². The maximum absolute atomic E-state index is 11.3. The van der Waals surface area contributed by atoms with Crippen LogP contribution in [0.1, 0.15) is 26.1 Å². The Kier molecular flexibility index (Phi) is 6.80. The van der Waals surface area contributed by atoms with Crippen molar-refractivity contribution in [3.05, 3.63) is 15.9 Å². The van der Waals surface area contributed by atoms with E-state index in [-0.39, 0.29) is 17.4 Å². The summed E-state index contributed by atoms with van der Waals surface area (Å²) >= 11 is 0. The molecular weight excluding hydrogens is 274 g/mol. The zero-order valence-electron chi connectivity index (χ0n) is 13.0. The summed E-state index contributed by atoms with van der Waals surface area (Å²) in [5, 5.41) is 14.3. The lowest BCUT2D eigenvalue weighted by Gasteiger charge is -2.13. The van der Waals surface area contributed by atoms with E-state index in [1.165, 1.54) is 0 Å². The van der Waals surface area contributed by atoms with Crippen LogP contribution in [0, 0.1) is 10.1 Å². The Balaban J connectivity index is 3.11. The number of aryl methyl sites for hydroxylation is 1. The number of rotatable bonds is 9. The molecule has 0 fully saturated rings. The smallest absolute Gasteiger partial charge is 0.372 e. The van der Waals surface area contributed by atoms with Crippen molar-refractivity contribution in [1.29, 1.82) is 0 Å². The number of hydrogen-bond donors (Lipinski definition) is 1. The normalized spacial score (nSPS) is 10.7. The number of aromatic nitrogens is 2. The minimum Gasteiger partial charge on any atom is -0.473 e. The highest BCUT2D eigenvalue weighted by molar-refractivity contribution is 5.61. The third-order valence-electron chi connectivity index (χ3n) is 2.69. The lowest BCUT2D eigenvalue weighted by atomic mass is 10.3. The van der Waals surface area contributed by atoms with Gasteiger partial charge < -0.3 is 15.0 Å². The molecule has 0 saturated carbocycles. The molecule has 0 aliphatic heterocycles. The Morgan fingerprint density at radius 2 is 2.05 bits per heavy atom. The van der Waals surface area contributed by atoms with E-state index < -0.39 is 4.92 Å². The van der Waals surface area contributed by atoms with Crippen LogP contribution in [0.5, 0.6) is 5.88 Å². The highest BCUT2D eigenvalue weighted by Crippen LogP contribution is 2.32. The van der Waals surface area contributed by atoms with Gasteiger partial charge in [-0.05, 0) is 27.4 Å². The lowest BCUT2D eigenvalue weighted by Crippen LogP contribution is -2.22. The number of hydrogen-bond acceptors (Lipinski definition) is 7. The highest BCUT2D eigenvalue weighted by atomic mass is 16.6. The molecule has 0 bridgehead atoms. The van der Waals surface area contributed by atoms with Crippen molar-refractivity contribution in [2.24, 2.45) is 0 Å². The van der Waals surface area contributed by atoms with Crippen molar-refractivity contribution in [3.63, 3.8) is 0 Å². The molecule has 0 aliphatic carbocycles. The minimum absolute atomic E-state index is 0.0355. The minimum atomic E-state index is -0.501. The average Bonchev–Trinajstić information content (AvgIpc) is 2.38. The first kappa shape index (κ1) is 17.1. The van der Waals surface area contributed by atoms with Crippen molar-refractivity contribution >= 4 is 11.5 Å². The number of ether oxygens (including phenoxy) is 1. The van der Waals surface area contributed by atoms with Crippen LogP contribution in [0.4, 0.5) is 11.5 Å². The molecule has 0 unspecified atom stereocenters. The Morgan fingerprint density at radius 3 is 2.57 bits per heavy atom. The maximum atomic E-state index is 11.3. The molecule has 8 nitrogen and oxygen atoms in total. The summed E-state index contributed by atoms with van der Waals surface area (Å²) in [7, 11) is 3.87. The monoisotopic (exact) mass is 297 g/mol. The molecule has 0 atom stereocenters. The van der Waals surface area contributed by atoms with Crippen molar-refractivity contribution in [1.82, 2.24) is 14.9 Å². The molecule has 1 rings (SSSR count). The molecule has 21 heavy (non-hydrogen) atoms. The average molecular weight is 297 g/mol. The van der Waals surface area contributed by atoms with Crippen LogP contribution in [-0.4, -0.2) is 53.6 Å². The van der Waals surface area contributed by atoms with E-state index in [1.54, 1.807) is 6.92 Å². The van der Waals surface area contributed by atoms with Crippen molar-refractivity contribution in [2.75, 3.05) is 39.1 Å². The fourth-order valence-corrected chi connectivity index (χ4v) is 1.74. The van der Waals surface area contributed by atoms with E-state index in [2.05, 4.69) is 15.3 Å². The Bertz CT molecular complexity index is 479. The van der Waals surface area contributed by atoms with Gasteiger partial charge in [0.1, 0.15) is 5.82 Å².